The molecule has 0 aliphatic rings. The summed E-state index contributed by atoms with van der Waals surface area (Å²) in [5, 5.41) is 11.7. The van der Waals surface area contributed by atoms with Gasteiger partial charge in [-0.05, 0) is 23.8 Å². The number of nitrogens with zero attached hydrogens (tertiary/aromatic N) is 2. The molecule has 0 fully saturated rings. The zero-order valence-electron chi connectivity index (χ0n) is 11.5. The lowest BCUT2D eigenvalue weighted by atomic mass is 10.1. The zero-order valence-corrected chi connectivity index (χ0v) is 13.1. The van der Waals surface area contributed by atoms with Gasteiger partial charge < -0.3 is 9.84 Å². The molecule has 1 aromatic carbocycles. The Kier molecular flexibility index (Phi) is 3.87. The maximum atomic E-state index is 12.3. The number of carbonyl (C=O) groups is 1. The van der Waals surface area contributed by atoms with Crippen LogP contribution in [0.1, 0.15) is 16.1 Å². The maximum Gasteiger partial charge on any atom is 0.205 e. The van der Waals surface area contributed by atoms with E-state index in [4.69, 9.17) is 16.3 Å². The SMILES string of the molecule is COc1ccc(C=CC(=O)c2c(Cl)nc3sccn23)cc1O. The van der Waals surface area contributed by atoms with Crippen LogP contribution in [0, 0.1) is 0 Å². The summed E-state index contributed by atoms with van der Waals surface area (Å²) in [4.78, 5) is 17.1. The highest BCUT2D eigenvalue weighted by Crippen LogP contribution is 2.27. The normalized spacial score (nSPS) is 11.4. The van der Waals surface area contributed by atoms with Crippen molar-refractivity contribution in [2.75, 3.05) is 7.11 Å². The summed E-state index contributed by atoms with van der Waals surface area (Å²) in [6.07, 6.45) is 4.75. The van der Waals surface area contributed by atoms with Gasteiger partial charge >= 0.3 is 0 Å². The van der Waals surface area contributed by atoms with Crippen molar-refractivity contribution in [1.29, 1.82) is 0 Å². The van der Waals surface area contributed by atoms with Gasteiger partial charge in [-0.2, -0.15) is 0 Å². The highest BCUT2D eigenvalue weighted by atomic mass is 35.5. The van der Waals surface area contributed by atoms with Gasteiger partial charge in [-0.1, -0.05) is 23.7 Å². The molecule has 0 aliphatic heterocycles. The quantitative estimate of drug-likeness (QED) is 0.584. The second-order valence-corrected chi connectivity index (χ2v) is 5.67. The fourth-order valence-corrected chi connectivity index (χ4v) is 3.07. The number of ketones is 1. The highest BCUT2D eigenvalue weighted by molar-refractivity contribution is 7.15. The number of allylic oxidation sites excluding steroid dienone is 1. The van der Waals surface area contributed by atoms with Gasteiger partial charge in [-0.25, -0.2) is 4.98 Å². The number of carbonyl (C=O) groups excluding carboxylic acids is 1. The molecule has 22 heavy (non-hydrogen) atoms. The average molecular weight is 335 g/mol. The van der Waals surface area contributed by atoms with Crippen LogP contribution >= 0.6 is 22.9 Å². The number of hydrogen-bond acceptors (Lipinski definition) is 5. The first-order valence-electron chi connectivity index (χ1n) is 6.30. The number of phenolic OH excluding ortho intramolecular Hbond substituents is 1. The van der Waals surface area contributed by atoms with E-state index in [0.717, 1.165) is 0 Å². The van der Waals surface area contributed by atoms with Crippen molar-refractivity contribution in [2.24, 2.45) is 0 Å². The number of hydrogen-bond donors (Lipinski definition) is 1. The molecule has 112 valence electrons. The van der Waals surface area contributed by atoms with Gasteiger partial charge in [0.2, 0.25) is 5.78 Å². The van der Waals surface area contributed by atoms with E-state index >= 15 is 0 Å². The smallest absolute Gasteiger partial charge is 0.205 e. The third-order valence-electron chi connectivity index (χ3n) is 3.08. The first-order chi connectivity index (χ1) is 10.6. The third-order valence-corrected chi connectivity index (χ3v) is 4.10. The lowest BCUT2D eigenvalue weighted by Crippen LogP contribution is -1.99. The fourth-order valence-electron chi connectivity index (χ4n) is 2.04. The second-order valence-electron chi connectivity index (χ2n) is 4.44. The maximum absolute atomic E-state index is 12.3. The number of rotatable bonds is 4. The van der Waals surface area contributed by atoms with Crippen molar-refractivity contribution in [3.05, 3.63) is 52.3 Å². The van der Waals surface area contributed by atoms with Crippen LogP contribution in [0.2, 0.25) is 5.15 Å². The molecule has 3 rings (SSSR count). The van der Waals surface area contributed by atoms with Gasteiger partial charge in [0, 0.05) is 11.6 Å². The van der Waals surface area contributed by atoms with Crippen molar-refractivity contribution >= 4 is 39.8 Å². The summed E-state index contributed by atoms with van der Waals surface area (Å²) in [6.45, 7) is 0. The highest BCUT2D eigenvalue weighted by Gasteiger charge is 2.16. The first-order valence-corrected chi connectivity index (χ1v) is 7.56. The minimum atomic E-state index is -0.258. The van der Waals surface area contributed by atoms with Crippen LogP contribution in [-0.4, -0.2) is 27.4 Å². The van der Waals surface area contributed by atoms with Crippen molar-refractivity contribution in [3.63, 3.8) is 0 Å². The number of imidazole rings is 1. The van der Waals surface area contributed by atoms with Gasteiger partial charge in [0.25, 0.3) is 0 Å². The van der Waals surface area contributed by atoms with E-state index in [1.807, 2.05) is 5.38 Å². The lowest BCUT2D eigenvalue weighted by molar-refractivity contribution is 0.104. The largest absolute Gasteiger partial charge is 0.504 e. The summed E-state index contributed by atoms with van der Waals surface area (Å²) in [5.74, 6) is 0.133. The van der Waals surface area contributed by atoms with Gasteiger partial charge in [0.1, 0.15) is 5.69 Å². The molecular weight excluding hydrogens is 324 g/mol. The van der Waals surface area contributed by atoms with E-state index in [9.17, 15) is 9.90 Å². The summed E-state index contributed by atoms with van der Waals surface area (Å²) >= 11 is 7.42. The number of methoxy groups -OCH3 is 1. The molecular formula is C15H11ClN2O3S. The van der Waals surface area contributed by atoms with E-state index in [0.29, 0.717) is 22.0 Å². The number of halogens is 1. The molecule has 0 amide bonds. The Balaban J connectivity index is 1.89. The summed E-state index contributed by atoms with van der Waals surface area (Å²) in [7, 11) is 1.47. The predicted octanol–water partition coefficient (Wildman–Crippen LogP) is 3.66. The van der Waals surface area contributed by atoms with Crippen LogP contribution in [0.25, 0.3) is 11.0 Å². The molecule has 5 nitrogen and oxygen atoms in total. The van der Waals surface area contributed by atoms with Crippen molar-refractivity contribution < 1.29 is 14.6 Å². The molecule has 0 aliphatic carbocycles. The molecule has 2 heterocycles. The van der Waals surface area contributed by atoms with E-state index in [2.05, 4.69) is 4.98 Å². The molecule has 0 unspecified atom stereocenters. The van der Waals surface area contributed by atoms with Gasteiger partial charge in [-0.15, -0.1) is 11.3 Å². The monoisotopic (exact) mass is 334 g/mol. The number of ether oxygens (including phenoxy) is 1. The van der Waals surface area contributed by atoms with E-state index in [1.54, 1.807) is 28.8 Å². The number of fused-ring (bicyclic) bond motifs is 1. The number of aromatic hydroxyl groups is 1. The predicted molar refractivity (Wildman–Crippen MR) is 86.1 cm³/mol. The number of thiazole rings is 1. The van der Waals surface area contributed by atoms with Gasteiger partial charge in [0.05, 0.1) is 7.11 Å². The molecule has 0 atom stereocenters. The summed E-state index contributed by atoms with van der Waals surface area (Å²) in [6, 6.07) is 4.88. The van der Waals surface area contributed by atoms with Crippen LogP contribution < -0.4 is 4.74 Å². The van der Waals surface area contributed by atoms with Crippen LogP contribution in [-0.2, 0) is 0 Å². The Morgan fingerprint density at radius 2 is 2.32 bits per heavy atom. The second kappa shape index (κ2) is 5.82. The Bertz CT molecular complexity index is 882. The Morgan fingerprint density at radius 3 is 3.05 bits per heavy atom. The molecule has 3 aromatic rings. The molecule has 7 heteroatoms. The molecule has 2 aromatic heterocycles. The fraction of sp³-hybridized carbons (Fsp3) is 0.0667. The molecule has 0 bridgehead atoms. The van der Waals surface area contributed by atoms with Crippen LogP contribution in [0.4, 0.5) is 0 Å². The van der Waals surface area contributed by atoms with E-state index < -0.39 is 0 Å². The van der Waals surface area contributed by atoms with E-state index in [1.165, 1.54) is 30.6 Å². The first kappa shape index (κ1) is 14.6. The van der Waals surface area contributed by atoms with Crippen LogP contribution in [0.15, 0.2) is 35.9 Å². The van der Waals surface area contributed by atoms with Crippen molar-refractivity contribution in [2.45, 2.75) is 0 Å². The van der Waals surface area contributed by atoms with Crippen LogP contribution in [0.3, 0.4) is 0 Å². The minimum Gasteiger partial charge on any atom is -0.504 e. The lowest BCUT2D eigenvalue weighted by Gasteiger charge is -2.03. The standard InChI is InChI=1S/C15H11ClN2O3S/c1-21-12-5-3-9(8-11(12)20)2-4-10(19)13-14(16)17-15-18(13)6-7-22-15/h2-8,20H,1H3. The Hall–Kier alpha value is -2.31. The molecule has 0 radical (unpaired) electrons. The Morgan fingerprint density at radius 1 is 1.50 bits per heavy atom. The van der Waals surface area contributed by atoms with Crippen molar-refractivity contribution in [3.8, 4) is 11.5 Å². The Labute approximate surface area is 135 Å². The third kappa shape index (κ3) is 2.58. The van der Waals surface area contributed by atoms with E-state index in [-0.39, 0.29) is 16.7 Å². The van der Waals surface area contributed by atoms with Crippen LogP contribution in [0.5, 0.6) is 11.5 Å². The topological polar surface area (TPSA) is 63.8 Å². The number of phenols is 1. The summed E-state index contributed by atoms with van der Waals surface area (Å²) < 4.78 is 6.63. The van der Waals surface area contributed by atoms with Gasteiger partial charge in [0.15, 0.2) is 21.6 Å². The average Bonchev–Trinajstić information content (AvgIpc) is 3.04. The molecule has 0 saturated heterocycles. The molecule has 0 spiro atoms. The van der Waals surface area contributed by atoms with Crippen molar-refractivity contribution in [1.82, 2.24) is 9.38 Å². The van der Waals surface area contributed by atoms with Gasteiger partial charge in [-0.3, -0.25) is 9.20 Å². The molecule has 1 N–H and O–H groups in total. The minimum absolute atomic E-state index is 0.0136. The number of aromatic nitrogens is 2. The molecule has 0 saturated carbocycles. The summed E-state index contributed by atoms with van der Waals surface area (Å²) in [5.41, 5.74) is 1.00. The zero-order chi connectivity index (χ0) is 15.7. The number of benzene rings is 1.